The molecule has 5 atom stereocenters. The van der Waals surface area contributed by atoms with Crippen LogP contribution in [0.5, 0.6) is 0 Å². The van der Waals surface area contributed by atoms with Gasteiger partial charge in [0, 0.05) is 12.0 Å². The summed E-state index contributed by atoms with van der Waals surface area (Å²) >= 11 is 0. The van der Waals surface area contributed by atoms with Crippen molar-refractivity contribution in [3.05, 3.63) is 35.9 Å². The van der Waals surface area contributed by atoms with Crippen molar-refractivity contribution >= 4 is 18.0 Å². The number of rotatable bonds is 5. The Morgan fingerprint density at radius 3 is 2.59 bits per heavy atom. The number of nitrogens with one attached hydrogen (secondary N) is 3. The summed E-state index contributed by atoms with van der Waals surface area (Å²) < 4.78 is 11.4. The van der Waals surface area contributed by atoms with E-state index < -0.39 is 23.3 Å². The molecule has 3 aliphatic rings. The topological polar surface area (TPSA) is 106 Å². The van der Waals surface area contributed by atoms with E-state index in [4.69, 9.17) is 9.47 Å². The van der Waals surface area contributed by atoms with E-state index in [0.717, 1.165) is 24.8 Å². The molecule has 2 aliphatic carbocycles. The molecule has 174 valence electrons. The highest BCUT2D eigenvalue weighted by atomic mass is 16.6. The Kier molecular flexibility index (Phi) is 6.16. The van der Waals surface area contributed by atoms with Crippen molar-refractivity contribution in [3.63, 3.8) is 0 Å². The van der Waals surface area contributed by atoms with Gasteiger partial charge in [0.15, 0.2) is 0 Å². The first-order valence-corrected chi connectivity index (χ1v) is 11.4. The average molecular weight is 444 g/mol. The van der Waals surface area contributed by atoms with E-state index in [1.54, 1.807) is 0 Å². The number of alkyl carbamates (subject to hydrolysis) is 1. The van der Waals surface area contributed by atoms with Crippen molar-refractivity contribution in [3.8, 4) is 0 Å². The van der Waals surface area contributed by atoms with Gasteiger partial charge in [-0.05, 0) is 63.9 Å². The second-order valence-corrected chi connectivity index (χ2v) is 10.3. The van der Waals surface area contributed by atoms with E-state index >= 15 is 0 Å². The number of benzene rings is 1. The van der Waals surface area contributed by atoms with Crippen LogP contribution < -0.4 is 16.0 Å². The Hall–Kier alpha value is -2.61. The van der Waals surface area contributed by atoms with Gasteiger partial charge < -0.3 is 20.1 Å². The predicted octanol–water partition coefficient (Wildman–Crippen LogP) is 3.11. The van der Waals surface area contributed by atoms with Crippen molar-refractivity contribution in [1.29, 1.82) is 0 Å². The number of carbonyl (C=O) groups is 3. The maximum Gasteiger partial charge on any atom is 0.407 e. The Morgan fingerprint density at radius 2 is 1.94 bits per heavy atom. The van der Waals surface area contributed by atoms with Crippen molar-refractivity contribution in [1.82, 2.24) is 16.0 Å². The number of urea groups is 1. The van der Waals surface area contributed by atoms with Crippen molar-refractivity contribution in [2.45, 2.75) is 70.2 Å². The molecule has 0 aromatic heterocycles. The molecule has 1 aromatic rings. The molecular weight excluding hydrogens is 410 g/mol. The molecule has 8 nitrogen and oxygen atoms in total. The van der Waals surface area contributed by atoms with Crippen LogP contribution in [0.4, 0.5) is 9.59 Å². The van der Waals surface area contributed by atoms with E-state index in [1.165, 1.54) is 0 Å². The molecule has 0 radical (unpaired) electrons. The quantitative estimate of drug-likeness (QED) is 0.607. The first-order valence-electron chi connectivity index (χ1n) is 11.4. The first kappa shape index (κ1) is 22.6. The fourth-order valence-corrected chi connectivity index (χ4v) is 5.64. The van der Waals surface area contributed by atoms with Gasteiger partial charge in [-0.2, -0.15) is 0 Å². The van der Waals surface area contributed by atoms with E-state index in [-0.39, 0.29) is 29.7 Å². The second kappa shape index (κ2) is 8.73. The van der Waals surface area contributed by atoms with Gasteiger partial charge in [-0.1, -0.05) is 30.3 Å². The Morgan fingerprint density at radius 1 is 1.19 bits per heavy atom. The van der Waals surface area contributed by atoms with Crippen LogP contribution in [0.15, 0.2) is 30.3 Å². The molecular formula is C24H33N3O5. The van der Waals surface area contributed by atoms with Gasteiger partial charge in [0.1, 0.15) is 11.1 Å². The fourth-order valence-electron chi connectivity index (χ4n) is 5.64. The lowest BCUT2D eigenvalue weighted by Gasteiger charge is -2.35. The largest absolute Gasteiger partial charge is 0.444 e. The van der Waals surface area contributed by atoms with Crippen molar-refractivity contribution < 1.29 is 23.9 Å². The minimum absolute atomic E-state index is 0.00713. The smallest absolute Gasteiger partial charge is 0.407 e. The lowest BCUT2D eigenvalue weighted by atomic mass is 9.75. The maximum atomic E-state index is 12.9. The number of imide groups is 1. The zero-order chi connectivity index (χ0) is 22.9. The second-order valence-electron chi connectivity index (χ2n) is 10.3. The summed E-state index contributed by atoms with van der Waals surface area (Å²) in [4.78, 5) is 37.1. The molecule has 2 saturated carbocycles. The van der Waals surface area contributed by atoms with Crippen LogP contribution in [0.2, 0.25) is 0 Å². The molecule has 1 heterocycles. The summed E-state index contributed by atoms with van der Waals surface area (Å²) in [6, 6.07) is 9.46. The number of amides is 4. The summed E-state index contributed by atoms with van der Waals surface area (Å²) in [5.41, 5.74) is -0.419. The van der Waals surface area contributed by atoms with Crippen LogP contribution in [-0.2, 0) is 20.9 Å². The zero-order valence-electron chi connectivity index (χ0n) is 19.0. The molecule has 2 unspecified atom stereocenters. The lowest BCUT2D eigenvalue weighted by molar-refractivity contribution is -0.126. The van der Waals surface area contributed by atoms with Crippen LogP contribution in [0.3, 0.4) is 0 Å². The van der Waals surface area contributed by atoms with Gasteiger partial charge in [-0.3, -0.25) is 10.1 Å². The highest BCUT2D eigenvalue weighted by Crippen LogP contribution is 2.52. The highest BCUT2D eigenvalue weighted by Gasteiger charge is 2.62. The standard InChI is InChI=1S/C24H33N3O5/c1-23(2,3)32-22(30)25-17-9-10-18-16(11-17)12-24(20(28)26-21(29)27-24)19(18)14-31-13-15-7-5-4-6-8-15/h4-8,16-19H,9-14H2,1-3H3,(H,25,30)(H2,26,27,28,29)/t16-,17?,18+,19-,24?/m0/s1. The third-order valence-electron chi connectivity index (χ3n) is 6.87. The van der Waals surface area contributed by atoms with Gasteiger partial charge in [0.25, 0.3) is 5.91 Å². The average Bonchev–Trinajstić information content (AvgIpc) is 3.16. The SMILES string of the molecule is CC(C)(C)OC(=O)NC1CC[C@@H]2[C@@H](C1)CC1(NC(=O)NC1=O)[C@H]2COCc1ccccc1. The predicted molar refractivity (Wildman–Crippen MR) is 118 cm³/mol. The third-order valence-corrected chi connectivity index (χ3v) is 6.87. The van der Waals surface area contributed by atoms with Gasteiger partial charge in [-0.25, -0.2) is 9.59 Å². The summed E-state index contributed by atoms with van der Waals surface area (Å²) in [7, 11) is 0. The van der Waals surface area contributed by atoms with E-state index in [0.29, 0.717) is 19.6 Å². The summed E-state index contributed by atoms with van der Waals surface area (Å²) in [5, 5.41) is 8.35. The van der Waals surface area contributed by atoms with Crippen molar-refractivity contribution in [2.75, 3.05) is 6.61 Å². The molecule has 8 heteroatoms. The maximum absolute atomic E-state index is 12.9. The fraction of sp³-hybridized carbons (Fsp3) is 0.625. The number of fused-ring (bicyclic) bond motifs is 1. The molecule has 1 aliphatic heterocycles. The minimum atomic E-state index is -0.941. The summed E-state index contributed by atoms with van der Waals surface area (Å²) in [6.07, 6.45) is 2.56. The molecule has 1 spiro atoms. The summed E-state index contributed by atoms with van der Waals surface area (Å²) in [6.45, 7) is 6.38. The monoisotopic (exact) mass is 443 g/mol. The number of ether oxygens (including phenoxy) is 2. The number of carbonyl (C=O) groups excluding carboxylic acids is 3. The van der Waals surface area contributed by atoms with Crippen LogP contribution >= 0.6 is 0 Å². The van der Waals surface area contributed by atoms with Gasteiger partial charge in [-0.15, -0.1) is 0 Å². The molecule has 1 aromatic carbocycles. The number of hydrogen-bond donors (Lipinski definition) is 3. The first-order chi connectivity index (χ1) is 15.2. The molecule has 1 saturated heterocycles. The third kappa shape index (κ3) is 4.75. The molecule has 32 heavy (non-hydrogen) atoms. The van der Waals surface area contributed by atoms with E-state index in [1.807, 2.05) is 51.1 Å². The summed E-state index contributed by atoms with van der Waals surface area (Å²) in [5.74, 6) is 0.0803. The normalized spacial score (nSPS) is 31.7. The van der Waals surface area contributed by atoms with E-state index in [2.05, 4.69) is 16.0 Å². The van der Waals surface area contributed by atoms with Crippen LogP contribution in [0, 0.1) is 17.8 Å². The lowest BCUT2D eigenvalue weighted by Crippen LogP contribution is -2.52. The number of hydrogen-bond acceptors (Lipinski definition) is 5. The molecule has 0 bridgehead atoms. The Bertz CT molecular complexity index is 868. The Balaban J connectivity index is 1.43. The molecule has 3 fully saturated rings. The highest BCUT2D eigenvalue weighted by molar-refractivity contribution is 6.07. The van der Waals surface area contributed by atoms with Crippen LogP contribution in [0.1, 0.15) is 52.0 Å². The minimum Gasteiger partial charge on any atom is -0.444 e. The van der Waals surface area contributed by atoms with E-state index in [9.17, 15) is 14.4 Å². The van der Waals surface area contributed by atoms with Gasteiger partial charge in [0.2, 0.25) is 0 Å². The molecule has 4 rings (SSSR count). The van der Waals surface area contributed by atoms with Crippen LogP contribution in [0.25, 0.3) is 0 Å². The molecule has 4 amide bonds. The van der Waals surface area contributed by atoms with Crippen LogP contribution in [-0.4, -0.2) is 41.8 Å². The Labute approximate surface area is 188 Å². The van der Waals surface area contributed by atoms with Gasteiger partial charge in [0.05, 0.1) is 13.2 Å². The zero-order valence-corrected chi connectivity index (χ0v) is 19.0. The van der Waals surface area contributed by atoms with Gasteiger partial charge >= 0.3 is 12.1 Å². The molecule has 3 N–H and O–H groups in total. The van der Waals surface area contributed by atoms with Crippen molar-refractivity contribution in [2.24, 2.45) is 17.8 Å².